The lowest BCUT2D eigenvalue weighted by Crippen LogP contribution is -2.51. The van der Waals surface area contributed by atoms with E-state index in [4.69, 9.17) is 9.47 Å². The van der Waals surface area contributed by atoms with Gasteiger partial charge in [0.1, 0.15) is 12.2 Å². The van der Waals surface area contributed by atoms with Gasteiger partial charge in [0.25, 0.3) is 0 Å². The Morgan fingerprint density at radius 3 is 2.76 bits per heavy atom. The Morgan fingerprint density at radius 2 is 2.19 bits per heavy atom. The van der Waals surface area contributed by atoms with Crippen molar-refractivity contribution in [3.63, 3.8) is 0 Å². The summed E-state index contributed by atoms with van der Waals surface area (Å²) in [7, 11) is 0. The van der Waals surface area contributed by atoms with Gasteiger partial charge in [-0.05, 0) is 44.3 Å². The Hall–Kier alpha value is -1.58. The Balaban J connectivity index is 2.20. The Kier molecular flexibility index (Phi) is 4.26. The molecule has 0 saturated heterocycles. The highest BCUT2D eigenvalue weighted by Gasteiger charge is 2.50. The van der Waals surface area contributed by atoms with Crippen LogP contribution in [-0.4, -0.2) is 24.1 Å². The molecule has 0 radical (unpaired) electrons. The highest BCUT2D eigenvalue weighted by atomic mass is 16.6. The number of cyclic esters (lactones) is 1. The van der Waals surface area contributed by atoms with Crippen molar-refractivity contribution in [2.75, 3.05) is 6.61 Å². The molecule has 4 heteroatoms. The third-order valence-corrected chi connectivity index (χ3v) is 5.22. The van der Waals surface area contributed by atoms with E-state index < -0.39 is 5.60 Å². The van der Waals surface area contributed by atoms with Crippen LogP contribution in [0, 0.1) is 11.3 Å². The Bertz CT molecular complexity index is 505. The highest BCUT2D eigenvalue weighted by molar-refractivity contribution is 5.90. The number of rotatable bonds is 4. The summed E-state index contributed by atoms with van der Waals surface area (Å²) in [6, 6.07) is 0. The number of carbonyl (C=O) groups is 2. The average Bonchev–Trinajstić information content (AvgIpc) is 2.79. The predicted molar refractivity (Wildman–Crippen MR) is 79.5 cm³/mol. The van der Waals surface area contributed by atoms with Crippen molar-refractivity contribution in [1.29, 1.82) is 0 Å². The third kappa shape index (κ3) is 2.89. The summed E-state index contributed by atoms with van der Waals surface area (Å²) >= 11 is 0. The molecule has 4 nitrogen and oxygen atoms in total. The zero-order valence-corrected chi connectivity index (χ0v) is 13.3. The first-order valence-corrected chi connectivity index (χ1v) is 7.52. The molecule has 0 spiro atoms. The summed E-state index contributed by atoms with van der Waals surface area (Å²) in [5.74, 6) is -0.126. The zero-order valence-electron chi connectivity index (χ0n) is 13.3. The SMILES string of the molecule is CC(=O)O[C@@]1(C)C=CC[C@@H](C)[C@]1(C)CCC1=CCOC1=O. The van der Waals surface area contributed by atoms with Crippen molar-refractivity contribution in [1.82, 2.24) is 0 Å². The Labute approximate surface area is 126 Å². The number of hydrogen-bond acceptors (Lipinski definition) is 4. The van der Waals surface area contributed by atoms with E-state index >= 15 is 0 Å². The molecule has 2 aliphatic rings. The van der Waals surface area contributed by atoms with Crippen LogP contribution in [0.2, 0.25) is 0 Å². The van der Waals surface area contributed by atoms with Crippen LogP contribution in [0.25, 0.3) is 0 Å². The number of hydrogen-bond donors (Lipinski definition) is 0. The lowest BCUT2D eigenvalue weighted by atomic mass is 9.60. The average molecular weight is 292 g/mol. The molecular weight excluding hydrogens is 268 g/mol. The molecule has 21 heavy (non-hydrogen) atoms. The lowest BCUT2D eigenvalue weighted by Gasteiger charge is -2.50. The van der Waals surface area contributed by atoms with Gasteiger partial charge in [-0.15, -0.1) is 0 Å². The van der Waals surface area contributed by atoms with Gasteiger partial charge in [-0.1, -0.05) is 19.9 Å². The van der Waals surface area contributed by atoms with E-state index in [9.17, 15) is 9.59 Å². The molecule has 1 aliphatic carbocycles. The molecule has 0 aromatic rings. The van der Waals surface area contributed by atoms with Crippen molar-refractivity contribution in [3.8, 4) is 0 Å². The molecule has 0 saturated carbocycles. The van der Waals surface area contributed by atoms with Gasteiger partial charge < -0.3 is 9.47 Å². The van der Waals surface area contributed by atoms with E-state index in [2.05, 4.69) is 19.9 Å². The molecule has 1 heterocycles. The zero-order chi connectivity index (χ0) is 15.7. The molecule has 0 aromatic heterocycles. The van der Waals surface area contributed by atoms with Crippen LogP contribution >= 0.6 is 0 Å². The first kappa shape index (κ1) is 15.8. The quantitative estimate of drug-likeness (QED) is 0.590. The molecule has 2 rings (SSSR count). The maximum atomic E-state index is 11.6. The topological polar surface area (TPSA) is 52.6 Å². The third-order valence-electron chi connectivity index (χ3n) is 5.22. The van der Waals surface area contributed by atoms with E-state index in [1.54, 1.807) is 0 Å². The summed E-state index contributed by atoms with van der Waals surface area (Å²) in [6.45, 7) is 8.09. The molecule has 3 atom stereocenters. The minimum atomic E-state index is -0.639. The molecule has 0 fully saturated rings. The first-order valence-electron chi connectivity index (χ1n) is 7.52. The Morgan fingerprint density at radius 1 is 1.48 bits per heavy atom. The van der Waals surface area contributed by atoms with Crippen LogP contribution in [-0.2, 0) is 19.1 Å². The maximum Gasteiger partial charge on any atom is 0.334 e. The predicted octanol–water partition coefficient (Wildman–Crippen LogP) is 3.17. The second-order valence-corrected chi connectivity index (χ2v) is 6.49. The molecule has 0 aromatic carbocycles. The van der Waals surface area contributed by atoms with Gasteiger partial charge in [0.2, 0.25) is 0 Å². The molecule has 0 bridgehead atoms. The molecule has 0 unspecified atom stereocenters. The van der Waals surface area contributed by atoms with Crippen LogP contribution in [0.4, 0.5) is 0 Å². The van der Waals surface area contributed by atoms with Crippen LogP contribution in [0.1, 0.15) is 47.0 Å². The molecule has 0 amide bonds. The van der Waals surface area contributed by atoms with E-state index in [0.717, 1.165) is 18.4 Å². The molecular formula is C17H24O4. The summed E-state index contributed by atoms with van der Waals surface area (Å²) in [4.78, 5) is 23.1. The van der Waals surface area contributed by atoms with Crippen LogP contribution in [0.15, 0.2) is 23.8 Å². The second-order valence-electron chi connectivity index (χ2n) is 6.49. The summed E-state index contributed by atoms with van der Waals surface area (Å²) in [5, 5.41) is 0. The molecule has 1 aliphatic heterocycles. The lowest BCUT2D eigenvalue weighted by molar-refractivity contribution is -0.168. The molecule has 0 N–H and O–H groups in total. The van der Waals surface area contributed by atoms with Gasteiger partial charge in [-0.25, -0.2) is 4.79 Å². The maximum absolute atomic E-state index is 11.6. The number of carbonyl (C=O) groups excluding carboxylic acids is 2. The van der Waals surface area contributed by atoms with Crippen molar-refractivity contribution >= 4 is 11.9 Å². The van der Waals surface area contributed by atoms with E-state index in [1.807, 2.05) is 19.1 Å². The fourth-order valence-electron chi connectivity index (χ4n) is 3.37. The normalized spacial score (nSPS) is 35.3. The van der Waals surface area contributed by atoms with Crippen molar-refractivity contribution in [2.45, 2.75) is 52.6 Å². The van der Waals surface area contributed by atoms with Crippen LogP contribution in [0.3, 0.4) is 0 Å². The smallest absolute Gasteiger partial charge is 0.334 e. The van der Waals surface area contributed by atoms with Gasteiger partial charge in [-0.3, -0.25) is 4.79 Å². The highest BCUT2D eigenvalue weighted by Crippen LogP contribution is 2.50. The summed E-state index contributed by atoms with van der Waals surface area (Å²) in [6.07, 6.45) is 8.32. The van der Waals surface area contributed by atoms with Crippen LogP contribution < -0.4 is 0 Å². The largest absolute Gasteiger partial charge is 0.458 e. The van der Waals surface area contributed by atoms with Gasteiger partial charge >= 0.3 is 11.9 Å². The first-order chi connectivity index (χ1) is 9.78. The number of esters is 2. The second kappa shape index (κ2) is 5.66. The minimum Gasteiger partial charge on any atom is -0.458 e. The summed E-state index contributed by atoms with van der Waals surface area (Å²) < 4.78 is 10.6. The summed E-state index contributed by atoms with van der Waals surface area (Å²) in [5.41, 5.74) is -0.111. The van der Waals surface area contributed by atoms with Crippen molar-refractivity contribution < 1.29 is 19.1 Å². The van der Waals surface area contributed by atoms with Crippen molar-refractivity contribution in [2.24, 2.45) is 11.3 Å². The van der Waals surface area contributed by atoms with Gasteiger partial charge in [0.05, 0.1) is 0 Å². The van der Waals surface area contributed by atoms with Crippen molar-refractivity contribution in [3.05, 3.63) is 23.8 Å². The van der Waals surface area contributed by atoms with E-state index in [0.29, 0.717) is 18.9 Å². The van der Waals surface area contributed by atoms with E-state index in [-0.39, 0.29) is 17.4 Å². The number of ether oxygens (including phenoxy) is 2. The monoisotopic (exact) mass is 292 g/mol. The number of allylic oxidation sites excluding steroid dienone is 1. The fourth-order valence-corrected chi connectivity index (χ4v) is 3.37. The standard InChI is InChI=1S/C17H24O4/c1-12-6-5-9-17(4,21-13(2)18)16(12,3)10-7-14-8-11-20-15(14)19/h5,8-9,12H,6-7,10-11H2,1-4H3/t12-,16+,17+/m1/s1. The fraction of sp³-hybridized carbons (Fsp3) is 0.647. The van der Waals surface area contributed by atoms with Gasteiger partial charge in [-0.2, -0.15) is 0 Å². The van der Waals surface area contributed by atoms with Gasteiger partial charge in [0, 0.05) is 17.9 Å². The van der Waals surface area contributed by atoms with E-state index in [1.165, 1.54) is 6.92 Å². The minimum absolute atomic E-state index is 0.211. The van der Waals surface area contributed by atoms with Gasteiger partial charge in [0.15, 0.2) is 0 Å². The van der Waals surface area contributed by atoms with Crippen LogP contribution in [0.5, 0.6) is 0 Å². The molecule has 116 valence electrons.